The second kappa shape index (κ2) is 3.56. The molecule has 1 aliphatic rings. The van der Waals surface area contributed by atoms with Gasteiger partial charge in [0.05, 0.1) is 0 Å². The van der Waals surface area contributed by atoms with Crippen LogP contribution in [0.15, 0.2) is 4.99 Å². The van der Waals surface area contributed by atoms with Gasteiger partial charge in [-0.25, -0.2) is 9.18 Å². The molecule has 1 aliphatic heterocycles. The van der Waals surface area contributed by atoms with Crippen LogP contribution in [-0.2, 0) is 9.53 Å². The highest BCUT2D eigenvalue weighted by atomic mass is 19.1. The Morgan fingerprint density at radius 3 is 2.38 bits per heavy atom. The van der Waals surface area contributed by atoms with E-state index in [9.17, 15) is 9.18 Å². The summed E-state index contributed by atoms with van der Waals surface area (Å²) in [6.07, 6.45) is 2.36. The average Bonchev–Trinajstić information content (AvgIpc) is 2.04. The van der Waals surface area contributed by atoms with Crippen molar-refractivity contribution in [3.8, 4) is 0 Å². The Bertz CT molecular complexity index is 222. The van der Waals surface area contributed by atoms with Gasteiger partial charge in [-0.2, -0.15) is 4.99 Å². The molecule has 1 fully saturated rings. The highest BCUT2D eigenvalue weighted by Gasteiger charge is 2.47. The monoisotopic (exact) mass is 187 g/mol. The van der Waals surface area contributed by atoms with Crippen LogP contribution in [0.25, 0.3) is 0 Å². The number of rotatable bonds is 2. The lowest BCUT2D eigenvalue weighted by molar-refractivity contribution is -0.0126. The lowest BCUT2D eigenvalue weighted by Crippen LogP contribution is -2.49. The summed E-state index contributed by atoms with van der Waals surface area (Å²) in [5.74, 6) is 0. The van der Waals surface area contributed by atoms with Gasteiger partial charge in [0.2, 0.25) is 6.08 Å². The molecule has 0 aromatic carbocycles. The summed E-state index contributed by atoms with van der Waals surface area (Å²) < 4.78 is 18.9. The van der Waals surface area contributed by atoms with Crippen molar-refractivity contribution in [3.05, 3.63) is 0 Å². The molecule has 0 N–H and O–H groups in total. The van der Waals surface area contributed by atoms with Crippen LogP contribution in [0.5, 0.6) is 0 Å². The fourth-order valence-electron chi connectivity index (χ4n) is 1.64. The Morgan fingerprint density at radius 1 is 1.46 bits per heavy atom. The number of nitrogens with zero attached hydrogens (tertiary/aromatic N) is 1. The number of hydrogen-bond acceptors (Lipinski definition) is 3. The van der Waals surface area contributed by atoms with Gasteiger partial charge in [-0.1, -0.05) is 0 Å². The zero-order valence-corrected chi connectivity index (χ0v) is 7.97. The molecule has 0 spiro atoms. The molecule has 0 saturated carbocycles. The van der Waals surface area contributed by atoms with Crippen LogP contribution >= 0.6 is 0 Å². The van der Waals surface area contributed by atoms with Crippen molar-refractivity contribution in [1.29, 1.82) is 0 Å². The van der Waals surface area contributed by atoms with Crippen LogP contribution in [0.3, 0.4) is 0 Å². The normalized spacial score (nSPS) is 22.1. The third-order valence-corrected chi connectivity index (χ3v) is 2.69. The minimum absolute atomic E-state index is 0.450. The zero-order chi connectivity index (χ0) is 9.95. The molecule has 1 rings (SSSR count). The predicted octanol–water partition coefficient (Wildman–Crippen LogP) is 1.62. The number of alkyl halides is 1. The van der Waals surface area contributed by atoms with Gasteiger partial charge >= 0.3 is 0 Å². The first-order valence-corrected chi connectivity index (χ1v) is 4.37. The summed E-state index contributed by atoms with van der Waals surface area (Å²) in [6.45, 7) is 3.80. The van der Waals surface area contributed by atoms with Crippen LogP contribution in [0.2, 0.25) is 0 Å². The summed E-state index contributed by atoms with van der Waals surface area (Å²) >= 11 is 0. The molecule has 0 amide bonds. The molecule has 0 aliphatic carbocycles. The minimum atomic E-state index is -1.49. The Labute approximate surface area is 77.0 Å². The second-order valence-corrected chi connectivity index (χ2v) is 3.82. The van der Waals surface area contributed by atoms with Crippen LogP contribution in [0.1, 0.15) is 26.7 Å². The highest BCUT2D eigenvalue weighted by molar-refractivity contribution is 5.36. The first kappa shape index (κ1) is 10.4. The number of hydrogen-bond donors (Lipinski definition) is 0. The van der Waals surface area contributed by atoms with Crippen molar-refractivity contribution in [3.63, 3.8) is 0 Å². The van der Waals surface area contributed by atoms with E-state index < -0.39 is 11.2 Å². The van der Waals surface area contributed by atoms with Crippen LogP contribution in [0, 0.1) is 0 Å². The van der Waals surface area contributed by atoms with Gasteiger partial charge in [0.25, 0.3) is 0 Å². The van der Waals surface area contributed by atoms with E-state index in [1.165, 1.54) is 19.9 Å². The molecule has 0 unspecified atom stereocenters. The van der Waals surface area contributed by atoms with E-state index in [1.54, 1.807) is 0 Å². The summed E-state index contributed by atoms with van der Waals surface area (Å²) in [5.41, 5.74) is -2.42. The second-order valence-electron chi connectivity index (χ2n) is 3.82. The van der Waals surface area contributed by atoms with Gasteiger partial charge in [-0.05, 0) is 26.7 Å². The number of carbonyl (C=O) groups excluding carboxylic acids is 1. The number of aliphatic imine (C=N–C) groups is 1. The molecule has 4 heteroatoms. The van der Waals surface area contributed by atoms with Gasteiger partial charge in [0.15, 0.2) is 0 Å². The van der Waals surface area contributed by atoms with Gasteiger partial charge in [-0.15, -0.1) is 0 Å². The van der Waals surface area contributed by atoms with Crippen molar-refractivity contribution in [2.45, 2.75) is 37.9 Å². The summed E-state index contributed by atoms with van der Waals surface area (Å²) in [7, 11) is 0. The summed E-state index contributed by atoms with van der Waals surface area (Å²) in [5, 5.41) is 0. The van der Waals surface area contributed by atoms with Crippen molar-refractivity contribution in [2.75, 3.05) is 13.2 Å². The quantitative estimate of drug-likeness (QED) is 0.486. The maximum absolute atomic E-state index is 13.8. The third-order valence-electron chi connectivity index (χ3n) is 2.69. The molecule has 3 nitrogen and oxygen atoms in total. The molecular formula is C9H14FNO2. The molecule has 13 heavy (non-hydrogen) atoms. The highest BCUT2D eigenvalue weighted by Crippen LogP contribution is 2.38. The van der Waals surface area contributed by atoms with Gasteiger partial charge in [0.1, 0.15) is 11.2 Å². The zero-order valence-electron chi connectivity index (χ0n) is 7.97. The van der Waals surface area contributed by atoms with E-state index in [0.29, 0.717) is 26.1 Å². The first-order valence-electron chi connectivity index (χ1n) is 4.37. The van der Waals surface area contributed by atoms with Crippen molar-refractivity contribution in [1.82, 2.24) is 0 Å². The summed E-state index contributed by atoms with van der Waals surface area (Å²) in [4.78, 5) is 13.9. The Balaban J connectivity index is 2.92. The standard InChI is InChI=1S/C9H14FNO2/c1-8(2,10)9(11-7-12)3-5-13-6-4-9/h3-6H2,1-2H3. The van der Waals surface area contributed by atoms with Crippen molar-refractivity contribution >= 4 is 6.08 Å². The van der Waals surface area contributed by atoms with Crippen LogP contribution in [-0.4, -0.2) is 30.5 Å². The fourth-order valence-corrected chi connectivity index (χ4v) is 1.64. The maximum atomic E-state index is 13.8. The Hall–Kier alpha value is -0.730. The predicted molar refractivity (Wildman–Crippen MR) is 46.1 cm³/mol. The van der Waals surface area contributed by atoms with E-state index >= 15 is 0 Å². The molecule has 0 aromatic heterocycles. The number of ether oxygens (including phenoxy) is 1. The Kier molecular flexibility index (Phi) is 2.84. The van der Waals surface area contributed by atoms with E-state index in [-0.39, 0.29) is 0 Å². The molecule has 0 atom stereocenters. The van der Waals surface area contributed by atoms with Crippen molar-refractivity contribution < 1.29 is 13.9 Å². The number of halogens is 1. The smallest absolute Gasteiger partial charge is 0.235 e. The molecule has 0 bridgehead atoms. The fraction of sp³-hybridized carbons (Fsp3) is 0.889. The molecule has 0 radical (unpaired) electrons. The van der Waals surface area contributed by atoms with E-state index in [4.69, 9.17) is 4.74 Å². The van der Waals surface area contributed by atoms with Gasteiger partial charge in [0, 0.05) is 13.2 Å². The summed E-state index contributed by atoms with van der Waals surface area (Å²) in [6, 6.07) is 0. The molecule has 0 aromatic rings. The average molecular weight is 187 g/mol. The minimum Gasteiger partial charge on any atom is -0.381 e. The van der Waals surface area contributed by atoms with Crippen molar-refractivity contribution in [2.24, 2.45) is 4.99 Å². The molecule has 1 heterocycles. The lowest BCUT2D eigenvalue weighted by atomic mass is 9.78. The first-order chi connectivity index (χ1) is 6.02. The van der Waals surface area contributed by atoms with Gasteiger partial charge in [-0.3, -0.25) is 0 Å². The molecule has 74 valence electrons. The molecular weight excluding hydrogens is 173 g/mol. The van der Waals surface area contributed by atoms with Gasteiger partial charge < -0.3 is 4.74 Å². The third kappa shape index (κ3) is 1.95. The maximum Gasteiger partial charge on any atom is 0.235 e. The number of isocyanates is 1. The topological polar surface area (TPSA) is 38.7 Å². The van der Waals surface area contributed by atoms with E-state index in [0.717, 1.165) is 0 Å². The van der Waals surface area contributed by atoms with E-state index in [2.05, 4.69) is 4.99 Å². The SMILES string of the molecule is CC(C)(F)C1(N=C=O)CCOCC1. The van der Waals surface area contributed by atoms with Crippen LogP contribution in [0.4, 0.5) is 4.39 Å². The molecule has 1 saturated heterocycles. The largest absolute Gasteiger partial charge is 0.381 e. The van der Waals surface area contributed by atoms with E-state index in [1.807, 2.05) is 0 Å². The Morgan fingerprint density at radius 2 is 2.00 bits per heavy atom. The lowest BCUT2D eigenvalue weighted by Gasteiger charge is -2.39. The van der Waals surface area contributed by atoms with Crippen LogP contribution < -0.4 is 0 Å².